The molecular formula is C48H56N8O8. The number of aromatic amines is 2. The largest absolute Gasteiger partial charge is 0.453 e. The van der Waals surface area contributed by atoms with Gasteiger partial charge in [0.1, 0.15) is 23.7 Å². The zero-order valence-corrected chi connectivity index (χ0v) is 36.3. The smallest absolute Gasteiger partial charge is 0.407 e. The summed E-state index contributed by atoms with van der Waals surface area (Å²) < 4.78 is 20.9. The SMILES string of the molecule is COC(=O)N[C@H](C(=O)N1CCC[C@H]1c1ncc(-c2ccc(-c3ccc(-c4cnc([C@@H]5CCCN5C(=O)[C@@H](NC(=O)OC)C5CCOCC5)[nH]4)c4ccccc34)cc2)[nH]1)C1CCOCC1. The predicted molar refractivity (Wildman–Crippen MR) is 238 cm³/mol. The van der Waals surface area contributed by atoms with Crippen molar-refractivity contribution in [3.05, 3.63) is 84.7 Å². The van der Waals surface area contributed by atoms with Crippen LogP contribution in [0.4, 0.5) is 9.59 Å². The van der Waals surface area contributed by atoms with Gasteiger partial charge in [0.15, 0.2) is 0 Å². The van der Waals surface area contributed by atoms with E-state index in [-0.39, 0.29) is 35.7 Å². The molecule has 4 amide bonds. The summed E-state index contributed by atoms with van der Waals surface area (Å²) >= 11 is 0. The second kappa shape index (κ2) is 19.2. The van der Waals surface area contributed by atoms with E-state index in [9.17, 15) is 19.2 Å². The molecule has 0 spiro atoms. The van der Waals surface area contributed by atoms with Crippen molar-refractivity contribution in [2.24, 2.45) is 11.8 Å². The van der Waals surface area contributed by atoms with Gasteiger partial charge in [-0.1, -0.05) is 60.7 Å². The van der Waals surface area contributed by atoms with Gasteiger partial charge in [-0.2, -0.15) is 0 Å². The second-order valence-electron chi connectivity index (χ2n) is 17.2. The Labute approximate surface area is 371 Å². The van der Waals surface area contributed by atoms with Crippen molar-refractivity contribution >= 4 is 34.8 Å². The molecule has 0 aliphatic carbocycles. The number of H-pyrrole nitrogens is 2. The molecule has 0 saturated carbocycles. The Morgan fingerprint density at radius 3 is 1.58 bits per heavy atom. The fourth-order valence-corrected chi connectivity index (χ4v) is 10.1. The van der Waals surface area contributed by atoms with E-state index >= 15 is 0 Å². The number of hydrogen-bond acceptors (Lipinski definition) is 10. The van der Waals surface area contributed by atoms with Gasteiger partial charge in [0, 0.05) is 45.1 Å². The van der Waals surface area contributed by atoms with Crippen molar-refractivity contribution < 1.29 is 38.1 Å². The van der Waals surface area contributed by atoms with E-state index in [1.54, 1.807) is 0 Å². The highest BCUT2D eigenvalue weighted by atomic mass is 16.5. The van der Waals surface area contributed by atoms with Crippen LogP contribution in [-0.2, 0) is 28.5 Å². The first-order chi connectivity index (χ1) is 31.3. The molecular weight excluding hydrogens is 817 g/mol. The summed E-state index contributed by atoms with van der Waals surface area (Å²) in [6.07, 6.45) is 8.38. The number of benzene rings is 3. The average molecular weight is 873 g/mol. The van der Waals surface area contributed by atoms with Gasteiger partial charge in [0.05, 0.1) is 50.1 Å². The highest BCUT2D eigenvalue weighted by molar-refractivity contribution is 6.04. The molecule has 5 aromatic rings. The lowest BCUT2D eigenvalue weighted by atomic mass is 9.90. The van der Waals surface area contributed by atoms with Crippen LogP contribution in [0.3, 0.4) is 0 Å². The van der Waals surface area contributed by atoms with Crippen molar-refractivity contribution in [3.63, 3.8) is 0 Å². The molecule has 3 aromatic carbocycles. The van der Waals surface area contributed by atoms with Crippen molar-refractivity contribution in [2.75, 3.05) is 53.7 Å². The number of methoxy groups -OCH3 is 2. The molecule has 6 heterocycles. The number of imidazole rings is 2. The van der Waals surface area contributed by atoms with Gasteiger partial charge in [-0.25, -0.2) is 19.6 Å². The van der Waals surface area contributed by atoms with Gasteiger partial charge in [-0.15, -0.1) is 0 Å². The number of rotatable bonds is 11. The predicted octanol–water partition coefficient (Wildman–Crippen LogP) is 6.92. The third-order valence-corrected chi connectivity index (χ3v) is 13.5. The molecule has 9 rings (SSSR count). The monoisotopic (exact) mass is 872 g/mol. The maximum atomic E-state index is 14.1. The summed E-state index contributed by atoms with van der Waals surface area (Å²) in [6.45, 7) is 3.38. The minimum atomic E-state index is -0.700. The van der Waals surface area contributed by atoms with E-state index in [2.05, 4.69) is 69.1 Å². The number of ether oxygens (including phenoxy) is 4. The quantitative estimate of drug-likeness (QED) is 0.108. The molecule has 336 valence electrons. The van der Waals surface area contributed by atoms with E-state index in [4.69, 9.17) is 28.9 Å². The number of carbonyl (C=O) groups excluding carboxylic acids is 4. The van der Waals surface area contributed by atoms with Crippen LogP contribution >= 0.6 is 0 Å². The molecule has 4 fully saturated rings. The number of likely N-dealkylation sites (tertiary alicyclic amines) is 2. The lowest BCUT2D eigenvalue weighted by Gasteiger charge is -2.34. The first-order valence-electron chi connectivity index (χ1n) is 22.5. The Morgan fingerprint density at radius 1 is 0.609 bits per heavy atom. The lowest BCUT2D eigenvalue weighted by Crippen LogP contribution is -2.53. The van der Waals surface area contributed by atoms with Crippen LogP contribution in [0.15, 0.2) is 73.1 Å². The van der Waals surface area contributed by atoms with Gasteiger partial charge in [-0.3, -0.25) is 9.59 Å². The fraction of sp³-hybridized carbons (Fsp3) is 0.458. The van der Waals surface area contributed by atoms with Crippen molar-refractivity contribution in [1.29, 1.82) is 0 Å². The number of hydrogen-bond donors (Lipinski definition) is 4. The number of nitrogens with zero attached hydrogens (tertiary/aromatic N) is 4. The molecule has 2 aromatic heterocycles. The van der Waals surface area contributed by atoms with Crippen LogP contribution in [0, 0.1) is 11.8 Å². The van der Waals surface area contributed by atoms with Crippen LogP contribution in [0.1, 0.15) is 75.1 Å². The van der Waals surface area contributed by atoms with Crippen LogP contribution < -0.4 is 10.6 Å². The molecule has 4 saturated heterocycles. The Kier molecular flexibility index (Phi) is 12.9. The third kappa shape index (κ3) is 8.80. The van der Waals surface area contributed by atoms with E-state index < -0.39 is 24.3 Å². The maximum Gasteiger partial charge on any atom is 0.407 e. The number of aromatic nitrogens is 4. The van der Waals surface area contributed by atoms with Crippen LogP contribution in [0.25, 0.3) is 44.4 Å². The Morgan fingerprint density at radius 2 is 1.06 bits per heavy atom. The van der Waals surface area contributed by atoms with Crippen molar-refractivity contribution in [1.82, 2.24) is 40.4 Å². The van der Waals surface area contributed by atoms with E-state index in [1.807, 2.05) is 34.3 Å². The molecule has 4 aliphatic rings. The molecule has 16 heteroatoms. The summed E-state index contributed by atoms with van der Waals surface area (Å²) in [6, 6.07) is 19.1. The Bertz CT molecular complexity index is 2460. The number of fused-ring (bicyclic) bond motifs is 1. The van der Waals surface area contributed by atoms with Crippen molar-refractivity contribution in [3.8, 4) is 33.6 Å². The average Bonchev–Trinajstić information content (AvgIpc) is 4.20. The van der Waals surface area contributed by atoms with Gasteiger partial charge < -0.3 is 49.3 Å². The molecule has 0 radical (unpaired) electrons. The number of amides is 4. The highest BCUT2D eigenvalue weighted by Crippen LogP contribution is 2.39. The van der Waals surface area contributed by atoms with E-state index in [0.717, 1.165) is 81.7 Å². The molecule has 4 N–H and O–H groups in total. The highest BCUT2D eigenvalue weighted by Gasteiger charge is 2.42. The summed E-state index contributed by atoms with van der Waals surface area (Å²) in [5.74, 6) is 1.12. The number of nitrogens with one attached hydrogen (secondary N) is 4. The van der Waals surface area contributed by atoms with Crippen LogP contribution in [-0.4, -0.2) is 120 Å². The normalized spacial score (nSPS) is 20.5. The van der Waals surface area contributed by atoms with Gasteiger partial charge in [-0.05, 0) is 90.7 Å². The summed E-state index contributed by atoms with van der Waals surface area (Å²) in [7, 11) is 2.62. The van der Waals surface area contributed by atoms with Gasteiger partial charge >= 0.3 is 12.2 Å². The van der Waals surface area contributed by atoms with Crippen LogP contribution in [0.5, 0.6) is 0 Å². The van der Waals surface area contributed by atoms with Gasteiger partial charge in [0.25, 0.3) is 0 Å². The first-order valence-corrected chi connectivity index (χ1v) is 22.5. The second-order valence-corrected chi connectivity index (χ2v) is 17.2. The number of carbonyl (C=O) groups is 4. The minimum absolute atomic E-state index is 0.0357. The topological polar surface area (TPSA) is 193 Å². The zero-order valence-electron chi connectivity index (χ0n) is 36.3. The van der Waals surface area contributed by atoms with Gasteiger partial charge in [0.2, 0.25) is 11.8 Å². The third-order valence-electron chi connectivity index (χ3n) is 13.5. The fourth-order valence-electron chi connectivity index (χ4n) is 10.1. The Hall–Kier alpha value is -6.26. The first kappa shape index (κ1) is 43.0. The summed E-state index contributed by atoms with van der Waals surface area (Å²) in [4.78, 5) is 73.2. The van der Waals surface area contributed by atoms with E-state index in [0.29, 0.717) is 65.2 Å². The summed E-state index contributed by atoms with van der Waals surface area (Å²) in [5, 5.41) is 7.80. The standard InChI is InChI=1S/C48H56N8O8/c1-61-47(59)53-41(31-17-23-63-24-18-31)45(57)55-21-5-9-39(55)43-49-27-37(51-43)30-13-11-29(12-14-30)33-15-16-36(35-8-4-3-7-34(33)35)38-28-50-44(52-38)40-10-6-22-56(40)46(58)42(54-48(60)62-2)32-19-25-64-26-20-32/h3-4,7-8,11-16,27-28,31-32,39-42H,5-6,9-10,17-26H2,1-2H3,(H,49,51)(H,50,52)(H,53,59)(H,54,60)/t39-,40-,41-,42-/m0/s1. The zero-order chi connectivity index (χ0) is 44.2. The Balaban J connectivity index is 0.915. The van der Waals surface area contributed by atoms with Crippen molar-refractivity contribution in [2.45, 2.75) is 75.5 Å². The molecule has 16 nitrogen and oxygen atoms in total. The maximum absolute atomic E-state index is 14.1. The number of alkyl carbamates (subject to hydrolysis) is 2. The molecule has 4 aliphatic heterocycles. The van der Waals surface area contributed by atoms with Crippen LogP contribution in [0.2, 0.25) is 0 Å². The molecule has 4 atom stereocenters. The molecule has 64 heavy (non-hydrogen) atoms. The summed E-state index contributed by atoms with van der Waals surface area (Å²) in [5.41, 5.74) is 5.82. The lowest BCUT2D eigenvalue weighted by molar-refractivity contribution is -0.137. The minimum Gasteiger partial charge on any atom is -0.453 e. The molecule has 0 unspecified atom stereocenters. The molecule has 0 bridgehead atoms. The van der Waals surface area contributed by atoms with E-state index in [1.165, 1.54) is 14.2 Å².